The number of benzene rings is 1. The molecule has 6 heteroatoms. The maximum Gasteiger partial charge on any atom is 0.339 e. The summed E-state index contributed by atoms with van der Waals surface area (Å²) in [6.45, 7) is 2.16. The van der Waals surface area contributed by atoms with Crippen molar-refractivity contribution < 1.29 is 18.7 Å². The number of carboxylic acid groups (broad SMARTS) is 1. The first-order valence-corrected chi connectivity index (χ1v) is 5.29. The Morgan fingerprint density at radius 3 is 2.50 bits per heavy atom. The second-order valence-corrected chi connectivity index (χ2v) is 3.65. The summed E-state index contributed by atoms with van der Waals surface area (Å²) < 4.78 is 28.5. The molecule has 0 unspecified atom stereocenters. The third-order valence-corrected chi connectivity index (χ3v) is 2.52. The summed E-state index contributed by atoms with van der Waals surface area (Å²) in [5.41, 5.74) is -0.831. The summed E-state index contributed by atoms with van der Waals surface area (Å²) >= 11 is 0. The standard InChI is InChI=1S/C12H10F2N2O2/c1-2-16-6-7(12(17)18)11(15-16)10-8(13)4-3-5-9(10)14/h3-6H,2H2,1H3,(H,17,18). The van der Waals surface area contributed by atoms with E-state index < -0.39 is 23.2 Å². The first kappa shape index (κ1) is 12.2. The van der Waals surface area contributed by atoms with Gasteiger partial charge in [-0.05, 0) is 19.1 Å². The minimum absolute atomic E-state index is 0.194. The van der Waals surface area contributed by atoms with Gasteiger partial charge in [0.25, 0.3) is 0 Å². The quantitative estimate of drug-likeness (QED) is 0.913. The van der Waals surface area contributed by atoms with Crippen molar-refractivity contribution in [2.24, 2.45) is 0 Å². The summed E-state index contributed by atoms with van der Waals surface area (Å²) in [5.74, 6) is -2.94. The average molecular weight is 252 g/mol. The van der Waals surface area contributed by atoms with Crippen LogP contribution in [-0.4, -0.2) is 20.9 Å². The second kappa shape index (κ2) is 4.56. The van der Waals surface area contributed by atoms with Crippen molar-refractivity contribution in [3.8, 4) is 11.3 Å². The van der Waals surface area contributed by atoms with E-state index in [4.69, 9.17) is 5.11 Å². The Bertz CT molecular complexity index is 588. The molecular formula is C12H10F2N2O2. The average Bonchev–Trinajstić information content (AvgIpc) is 2.73. The van der Waals surface area contributed by atoms with Crippen molar-refractivity contribution in [2.75, 3.05) is 0 Å². The number of rotatable bonds is 3. The van der Waals surface area contributed by atoms with E-state index >= 15 is 0 Å². The van der Waals surface area contributed by atoms with E-state index in [1.165, 1.54) is 16.9 Å². The molecule has 0 spiro atoms. The molecule has 0 aliphatic carbocycles. The van der Waals surface area contributed by atoms with Gasteiger partial charge >= 0.3 is 5.97 Å². The molecule has 0 fully saturated rings. The lowest BCUT2D eigenvalue weighted by Crippen LogP contribution is -1.99. The third-order valence-electron chi connectivity index (χ3n) is 2.52. The Morgan fingerprint density at radius 2 is 2.00 bits per heavy atom. The SMILES string of the molecule is CCn1cc(C(=O)O)c(-c2c(F)cccc2F)n1. The van der Waals surface area contributed by atoms with E-state index in [-0.39, 0.29) is 11.3 Å². The van der Waals surface area contributed by atoms with Gasteiger partial charge in [-0.25, -0.2) is 13.6 Å². The van der Waals surface area contributed by atoms with Crippen LogP contribution in [0, 0.1) is 11.6 Å². The monoisotopic (exact) mass is 252 g/mol. The molecule has 0 aliphatic heterocycles. The summed E-state index contributed by atoms with van der Waals surface area (Å²) in [7, 11) is 0. The van der Waals surface area contributed by atoms with Crippen LogP contribution in [-0.2, 0) is 6.54 Å². The van der Waals surface area contributed by atoms with Crippen LogP contribution in [0.1, 0.15) is 17.3 Å². The molecule has 1 N–H and O–H groups in total. The van der Waals surface area contributed by atoms with Gasteiger partial charge < -0.3 is 5.11 Å². The molecule has 0 bridgehead atoms. The molecule has 0 saturated carbocycles. The van der Waals surface area contributed by atoms with Gasteiger partial charge in [0.15, 0.2) is 0 Å². The molecule has 18 heavy (non-hydrogen) atoms. The lowest BCUT2D eigenvalue weighted by atomic mass is 10.1. The normalized spacial score (nSPS) is 10.6. The molecule has 0 atom stereocenters. The van der Waals surface area contributed by atoms with E-state index in [9.17, 15) is 13.6 Å². The van der Waals surface area contributed by atoms with Gasteiger partial charge in [0.05, 0.1) is 5.56 Å². The molecule has 0 radical (unpaired) electrons. The van der Waals surface area contributed by atoms with Gasteiger partial charge in [0.1, 0.15) is 22.9 Å². The molecule has 4 nitrogen and oxygen atoms in total. The first-order chi connectivity index (χ1) is 8.54. The van der Waals surface area contributed by atoms with Crippen molar-refractivity contribution in [1.82, 2.24) is 9.78 Å². The number of hydrogen-bond donors (Lipinski definition) is 1. The molecule has 2 aromatic rings. The third kappa shape index (κ3) is 1.97. The Balaban J connectivity index is 2.70. The van der Waals surface area contributed by atoms with Crippen molar-refractivity contribution >= 4 is 5.97 Å². The molecule has 0 aliphatic rings. The fraction of sp³-hybridized carbons (Fsp3) is 0.167. The van der Waals surface area contributed by atoms with Gasteiger partial charge in [0, 0.05) is 12.7 Å². The van der Waals surface area contributed by atoms with E-state index in [0.717, 1.165) is 12.1 Å². The minimum atomic E-state index is -1.27. The van der Waals surface area contributed by atoms with Gasteiger partial charge in [-0.3, -0.25) is 4.68 Å². The van der Waals surface area contributed by atoms with E-state index in [1.807, 2.05) is 0 Å². The number of carboxylic acids is 1. The molecule has 94 valence electrons. The summed E-state index contributed by atoms with van der Waals surface area (Å²) in [4.78, 5) is 11.0. The van der Waals surface area contributed by atoms with Gasteiger partial charge in [-0.1, -0.05) is 6.07 Å². The molecule has 1 heterocycles. The number of carbonyl (C=O) groups is 1. The Hall–Kier alpha value is -2.24. The van der Waals surface area contributed by atoms with Crippen molar-refractivity contribution in [3.63, 3.8) is 0 Å². The van der Waals surface area contributed by atoms with E-state index in [1.54, 1.807) is 6.92 Å². The van der Waals surface area contributed by atoms with E-state index in [0.29, 0.717) is 6.54 Å². The van der Waals surface area contributed by atoms with Crippen LogP contribution in [0.15, 0.2) is 24.4 Å². The van der Waals surface area contributed by atoms with Gasteiger partial charge in [0.2, 0.25) is 0 Å². The van der Waals surface area contributed by atoms with Crippen LogP contribution >= 0.6 is 0 Å². The van der Waals surface area contributed by atoms with Gasteiger partial charge in [-0.2, -0.15) is 5.10 Å². The summed E-state index contributed by atoms with van der Waals surface area (Å²) in [5, 5.41) is 12.9. The predicted molar refractivity (Wildman–Crippen MR) is 60.2 cm³/mol. The summed E-state index contributed by atoms with van der Waals surface area (Å²) in [6, 6.07) is 3.34. The number of halogens is 2. The zero-order chi connectivity index (χ0) is 13.3. The number of aromatic nitrogens is 2. The van der Waals surface area contributed by atoms with Crippen LogP contribution in [0.3, 0.4) is 0 Å². The minimum Gasteiger partial charge on any atom is -0.478 e. The number of aromatic carboxylic acids is 1. The van der Waals surface area contributed by atoms with Crippen LogP contribution in [0.25, 0.3) is 11.3 Å². The first-order valence-electron chi connectivity index (χ1n) is 5.29. The molecular weight excluding hydrogens is 242 g/mol. The number of aryl methyl sites for hydroxylation is 1. The number of hydrogen-bond acceptors (Lipinski definition) is 2. The predicted octanol–water partition coefficient (Wildman–Crippen LogP) is 2.55. The van der Waals surface area contributed by atoms with Crippen LogP contribution in [0.5, 0.6) is 0 Å². The molecule has 0 amide bonds. The zero-order valence-corrected chi connectivity index (χ0v) is 9.52. The van der Waals surface area contributed by atoms with Crippen LogP contribution in [0.4, 0.5) is 8.78 Å². The summed E-state index contributed by atoms with van der Waals surface area (Å²) in [6.07, 6.45) is 1.25. The smallest absolute Gasteiger partial charge is 0.339 e. The number of nitrogens with zero attached hydrogens (tertiary/aromatic N) is 2. The van der Waals surface area contributed by atoms with Crippen molar-refractivity contribution in [1.29, 1.82) is 0 Å². The fourth-order valence-electron chi connectivity index (χ4n) is 1.65. The Kier molecular flexibility index (Phi) is 3.10. The Labute approximate surface area is 101 Å². The molecule has 0 saturated heterocycles. The van der Waals surface area contributed by atoms with E-state index in [2.05, 4.69) is 5.10 Å². The Morgan fingerprint density at radius 1 is 1.39 bits per heavy atom. The highest BCUT2D eigenvalue weighted by Gasteiger charge is 2.22. The fourth-order valence-corrected chi connectivity index (χ4v) is 1.65. The highest BCUT2D eigenvalue weighted by atomic mass is 19.1. The lowest BCUT2D eigenvalue weighted by Gasteiger charge is -2.02. The highest BCUT2D eigenvalue weighted by molar-refractivity contribution is 5.94. The van der Waals surface area contributed by atoms with Crippen molar-refractivity contribution in [2.45, 2.75) is 13.5 Å². The molecule has 1 aromatic heterocycles. The largest absolute Gasteiger partial charge is 0.478 e. The van der Waals surface area contributed by atoms with Crippen molar-refractivity contribution in [3.05, 3.63) is 41.6 Å². The second-order valence-electron chi connectivity index (χ2n) is 3.65. The molecule has 2 rings (SSSR count). The molecule has 1 aromatic carbocycles. The van der Waals surface area contributed by atoms with Crippen LogP contribution < -0.4 is 0 Å². The van der Waals surface area contributed by atoms with Gasteiger partial charge in [-0.15, -0.1) is 0 Å². The highest BCUT2D eigenvalue weighted by Crippen LogP contribution is 2.27. The maximum atomic E-state index is 13.6. The zero-order valence-electron chi connectivity index (χ0n) is 9.52. The topological polar surface area (TPSA) is 55.1 Å². The maximum absolute atomic E-state index is 13.6. The lowest BCUT2D eigenvalue weighted by molar-refractivity contribution is 0.0697. The van der Waals surface area contributed by atoms with Crippen LogP contribution in [0.2, 0.25) is 0 Å².